The molecule has 0 N–H and O–H groups in total. The summed E-state index contributed by atoms with van der Waals surface area (Å²) in [5, 5.41) is 11.1. The fourth-order valence-electron chi connectivity index (χ4n) is 3.28. The van der Waals surface area contributed by atoms with Crippen LogP contribution in [0.25, 0.3) is 22.3 Å². The largest absolute Gasteiger partial charge is 0.334 e. The average molecular weight is 344 g/mol. The van der Waals surface area contributed by atoms with Crippen LogP contribution in [0.2, 0.25) is 0 Å². The molecule has 0 saturated heterocycles. The van der Waals surface area contributed by atoms with Gasteiger partial charge in [0, 0.05) is 18.7 Å². The maximum absolute atomic E-state index is 12.7. The quantitative estimate of drug-likeness (QED) is 0.661. The molecule has 1 aliphatic rings. The van der Waals surface area contributed by atoms with Crippen molar-refractivity contribution in [3.8, 4) is 28.3 Å². The third kappa shape index (κ3) is 2.63. The zero-order valence-electron chi connectivity index (χ0n) is 13.8. The SMILES string of the molecule is CCN1Cc2ccc(-c3cccc(C#N)c3)cc2-c2ccsc2C1=O. The molecule has 122 valence electrons. The van der Waals surface area contributed by atoms with E-state index < -0.39 is 0 Å². The summed E-state index contributed by atoms with van der Waals surface area (Å²) in [4.78, 5) is 15.4. The molecular formula is C21H16N2OS. The maximum Gasteiger partial charge on any atom is 0.264 e. The van der Waals surface area contributed by atoms with Crippen molar-refractivity contribution in [1.29, 1.82) is 5.26 Å². The third-order valence-corrected chi connectivity index (χ3v) is 5.52. The van der Waals surface area contributed by atoms with Crippen molar-refractivity contribution < 1.29 is 4.79 Å². The van der Waals surface area contributed by atoms with E-state index in [9.17, 15) is 4.79 Å². The van der Waals surface area contributed by atoms with Crippen LogP contribution in [-0.2, 0) is 6.54 Å². The average Bonchev–Trinajstić information content (AvgIpc) is 3.11. The Bertz CT molecular complexity index is 1010. The maximum atomic E-state index is 12.7. The van der Waals surface area contributed by atoms with Gasteiger partial charge in [-0.25, -0.2) is 0 Å². The number of benzene rings is 2. The van der Waals surface area contributed by atoms with Gasteiger partial charge in [0.05, 0.1) is 16.5 Å². The van der Waals surface area contributed by atoms with Crippen molar-refractivity contribution in [1.82, 2.24) is 4.90 Å². The molecule has 1 aromatic heterocycles. The molecule has 1 amide bonds. The molecule has 4 rings (SSSR count). The van der Waals surface area contributed by atoms with Crippen LogP contribution in [0.4, 0.5) is 0 Å². The van der Waals surface area contributed by atoms with Gasteiger partial charge < -0.3 is 4.90 Å². The number of hydrogen-bond donors (Lipinski definition) is 0. The van der Waals surface area contributed by atoms with Gasteiger partial charge in [0.1, 0.15) is 0 Å². The Morgan fingerprint density at radius 3 is 2.76 bits per heavy atom. The Hall–Kier alpha value is -2.90. The van der Waals surface area contributed by atoms with Crippen LogP contribution in [0.3, 0.4) is 0 Å². The molecule has 3 nitrogen and oxygen atoms in total. The van der Waals surface area contributed by atoms with Gasteiger partial charge in [-0.2, -0.15) is 5.26 Å². The first-order valence-corrected chi connectivity index (χ1v) is 9.10. The number of fused-ring (bicyclic) bond motifs is 3. The summed E-state index contributed by atoms with van der Waals surface area (Å²) in [6, 6.07) is 18.2. The molecule has 0 radical (unpaired) electrons. The second kappa shape index (κ2) is 6.19. The fraction of sp³-hybridized carbons (Fsp3) is 0.143. The number of nitrogens with zero attached hydrogens (tertiary/aromatic N) is 2. The van der Waals surface area contributed by atoms with E-state index in [0.717, 1.165) is 32.7 Å². The predicted molar refractivity (Wildman–Crippen MR) is 100 cm³/mol. The highest BCUT2D eigenvalue weighted by Gasteiger charge is 2.26. The van der Waals surface area contributed by atoms with Crippen molar-refractivity contribution in [2.75, 3.05) is 6.54 Å². The van der Waals surface area contributed by atoms with Crippen molar-refractivity contribution in [3.63, 3.8) is 0 Å². The van der Waals surface area contributed by atoms with Gasteiger partial charge >= 0.3 is 0 Å². The lowest BCUT2D eigenvalue weighted by Gasteiger charge is -2.19. The Morgan fingerprint density at radius 1 is 1.12 bits per heavy atom. The summed E-state index contributed by atoms with van der Waals surface area (Å²) in [5.74, 6) is 0.108. The number of carbonyl (C=O) groups excluding carboxylic acids is 1. The zero-order valence-corrected chi connectivity index (χ0v) is 14.6. The Morgan fingerprint density at radius 2 is 1.96 bits per heavy atom. The van der Waals surface area contributed by atoms with Gasteiger partial charge in [-0.05, 0) is 58.8 Å². The lowest BCUT2D eigenvalue weighted by molar-refractivity contribution is 0.0761. The van der Waals surface area contributed by atoms with Crippen LogP contribution in [0.5, 0.6) is 0 Å². The minimum absolute atomic E-state index is 0.108. The summed E-state index contributed by atoms with van der Waals surface area (Å²) in [5.41, 5.74) is 6.01. The molecule has 1 aliphatic heterocycles. The van der Waals surface area contributed by atoms with Crippen LogP contribution in [-0.4, -0.2) is 17.4 Å². The number of rotatable bonds is 2. The van der Waals surface area contributed by atoms with Gasteiger partial charge in [-0.1, -0.05) is 24.3 Å². The number of carbonyl (C=O) groups is 1. The lowest BCUT2D eigenvalue weighted by Crippen LogP contribution is -2.28. The number of nitriles is 1. The number of thiophene rings is 1. The van der Waals surface area contributed by atoms with Crippen molar-refractivity contribution in [2.45, 2.75) is 13.5 Å². The highest BCUT2D eigenvalue weighted by molar-refractivity contribution is 7.12. The standard InChI is InChI=1S/C21H16N2OS/c1-2-23-13-17-7-6-16(15-5-3-4-14(10-15)12-22)11-19(17)18-8-9-25-20(18)21(23)24/h3-11H,2,13H2,1H3. The molecule has 2 heterocycles. The van der Waals surface area contributed by atoms with E-state index in [-0.39, 0.29) is 5.91 Å². The fourth-order valence-corrected chi connectivity index (χ4v) is 4.15. The first-order chi connectivity index (χ1) is 12.2. The van der Waals surface area contributed by atoms with Gasteiger partial charge in [0.2, 0.25) is 0 Å². The summed E-state index contributed by atoms with van der Waals surface area (Å²) in [6.07, 6.45) is 0. The molecule has 0 atom stereocenters. The van der Waals surface area contributed by atoms with E-state index in [1.165, 1.54) is 11.3 Å². The molecule has 25 heavy (non-hydrogen) atoms. The second-order valence-corrected chi connectivity index (χ2v) is 6.96. The Balaban J connectivity index is 1.89. The first kappa shape index (κ1) is 15.6. The molecule has 0 bridgehead atoms. The zero-order chi connectivity index (χ0) is 17.4. The summed E-state index contributed by atoms with van der Waals surface area (Å²) < 4.78 is 0. The van der Waals surface area contributed by atoms with Crippen LogP contribution < -0.4 is 0 Å². The van der Waals surface area contributed by atoms with Crippen molar-refractivity contribution >= 4 is 17.2 Å². The Labute approximate surface area is 150 Å². The number of amides is 1. The van der Waals surface area contributed by atoms with E-state index in [1.807, 2.05) is 47.5 Å². The molecule has 0 aliphatic carbocycles. The van der Waals surface area contributed by atoms with Crippen molar-refractivity contribution in [2.24, 2.45) is 0 Å². The molecule has 0 saturated carbocycles. The normalized spacial score (nSPS) is 13.0. The second-order valence-electron chi connectivity index (χ2n) is 6.05. The van der Waals surface area contributed by atoms with E-state index in [2.05, 4.69) is 24.3 Å². The summed E-state index contributed by atoms with van der Waals surface area (Å²) >= 11 is 1.50. The number of hydrogen-bond acceptors (Lipinski definition) is 3. The highest BCUT2D eigenvalue weighted by Crippen LogP contribution is 2.38. The molecule has 0 fully saturated rings. The monoisotopic (exact) mass is 344 g/mol. The molecular weight excluding hydrogens is 328 g/mol. The summed E-state index contributed by atoms with van der Waals surface area (Å²) in [6.45, 7) is 3.34. The van der Waals surface area contributed by atoms with E-state index in [4.69, 9.17) is 5.26 Å². The van der Waals surface area contributed by atoms with Gasteiger partial charge in [0.25, 0.3) is 5.91 Å². The van der Waals surface area contributed by atoms with Gasteiger partial charge in [0.15, 0.2) is 0 Å². The Kier molecular flexibility index (Phi) is 3.87. The molecule has 3 aromatic rings. The van der Waals surface area contributed by atoms with Crippen LogP contribution in [0, 0.1) is 11.3 Å². The minimum atomic E-state index is 0.108. The molecule has 4 heteroatoms. The first-order valence-electron chi connectivity index (χ1n) is 8.22. The van der Waals surface area contributed by atoms with E-state index >= 15 is 0 Å². The van der Waals surface area contributed by atoms with Gasteiger partial charge in [-0.15, -0.1) is 11.3 Å². The highest BCUT2D eigenvalue weighted by atomic mass is 32.1. The van der Waals surface area contributed by atoms with Gasteiger partial charge in [-0.3, -0.25) is 4.79 Å². The third-order valence-electron chi connectivity index (χ3n) is 4.61. The molecule has 2 aromatic carbocycles. The van der Waals surface area contributed by atoms with E-state index in [1.54, 1.807) is 0 Å². The molecule has 0 unspecified atom stereocenters. The van der Waals surface area contributed by atoms with E-state index in [0.29, 0.717) is 18.7 Å². The topological polar surface area (TPSA) is 44.1 Å². The minimum Gasteiger partial charge on any atom is -0.334 e. The van der Waals surface area contributed by atoms with Crippen LogP contribution in [0.15, 0.2) is 53.9 Å². The molecule has 0 spiro atoms. The van der Waals surface area contributed by atoms with Crippen LogP contribution >= 0.6 is 11.3 Å². The van der Waals surface area contributed by atoms with Crippen molar-refractivity contribution in [3.05, 3.63) is 69.9 Å². The summed E-state index contributed by atoms with van der Waals surface area (Å²) in [7, 11) is 0. The lowest BCUT2D eigenvalue weighted by atomic mass is 9.95. The smallest absolute Gasteiger partial charge is 0.264 e. The van der Waals surface area contributed by atoms with Crippen LogP contribution in [0.1, 0.15) is 27.7 Å². The predicted octanol–water partition coefficient (Wildman–Crippen LogP) is 4.93.